The Hall–Kier alpha value is -3.55. The van der Waals surface area contributed by atoms with Crippen LogP contribution in [0.15, 0.2) is 47.0 Å². The fourth-order valence-corrected chi connectivity index (χ4v) is 4.74. The van der Waals surface area contributed by atoms with Crippen LogP contribution in [0.1, 0.15) is 42.2 Å². The Balaban J connectivity index is 1.19. The van der Waals surface area contributed by atoms with Gasteiger partial charge in [-0.15, -0.1) is 0 Å². The highest BCUT2D eigenvalue weighted by Crippen LogP contribution is 2.32. The number of anilines is 1. The van der Waals surface area contributed by atoms with Crippen molar-refractivity contribution >= 4 is 17.5 Å². The number of carbonyl (C=O) groups is 2. The molecule has 3 aromatic rings. The third-order valence-electron chi connectivity index (χ3n) is 6.98. The van der Waals surface area contributed by atoms with Crippen LogP contribution in [0.2, 0.25) is 0 Å². The summed E-state index contributed by atoms with van der Waals surface area (Å²) >= 11 is 0. The van der Waals surface area contributed by atoms with Gasteiger partial charge in [-0.3, -0.25) is 9.59 Å². The third kappa shape index (κ3) is 4.32. The molecule has 2 aliphatic heterocycles. The van der Waals surface area contributed by atoms with Crippen LogP contribution in [-0.4, -0.2) is 46.5 Å². The first kappa shape index (κ1) is 22.3. The van der Waals surface area contributed by atoms with Gasteiger partial charge in [0.15, 0.2) is 0 Å². The Morgan fingerprint density at radius 1 is 1.06 bits per heavy atom. The van der Waals surface area contributed by atoms with E-state index in [4.69, 9.17) is 4.52 Å². The van der Waals surface area contributed by atoms with Crippen LogP contribution in [0.25, 0.3) is 11.4 Å². The Labute approximate surface area is 197 Å². The van der Waals surface area contributed by atoms with Gasteiger partial charge in [0.05, 0.1) is 5.92 Å². The quantitative estimate of drug-likeness (QED) is 0.579. The maximum atomic E-state index is 13.2. The molecule has 2 saturated heterocycles. The van der Waals surface area contributed by atoms with Gasteiger partial charge in [-0.25, -0.2) is 4.39 Å². The number of rotatable bonds is 4. The van der Waals surface area contributed by atoms with E-state index >= 15 is 0 Å². The number of carbonyl (C=O) groups excluding carboxylic acids is 2. The fraction of sp³-hybridized carbons (Fsp3) is 0.385. The van der Waals surface area contributed by atoms with Crippen LogP contribution in [0.4, 0.5) is 10.1 Å². The molecule has 7 nitrogen and oxygen atoms in total. The minimum atomic E-state index is -0.320. The van der Waals surface area contributed by atoms with Crippen molar-refractivity contribution in [3.63, 3.8) is 0 Å². The summed E-state index contributed by atoms with van der Waals surface area (Å²) in [5.41, 5.74) is 3.86. The molecule has 0 radical (unpaired) electrons. The summed E-state index contributed by atoms with van der Waals surface area (Å²) in [5.74, 6) is 0.451. The summed E-state index contributed by atoms with van der Waals surface area (Å²) in [5, 5.41) is 4.03. The lowest BCUT2D eigenvalue weighted by Crippen LogP contribution is -2.42. The van der Waals surface area contributed by atoms with Gasteiger partial charge in [0, 0.05) is 43.2 Å². The van der Waals surface area contributed by atoms with E-state index in [2.05, 4.69) is 10.1 Å². The Morgan fingerprint density at radius 2 is 1.79 bits per heavy atom. The van der Waals surface area contributed by atoms with E-state index in [0.717, 1.165) is 24.1 Å². The van der Waals surface area contributed by atoms with Crippen molar-refractivity contribution in [1.82, 2.24) is 15.0 Å². The highest BCUT2D eigenvalue weighted by atomic mass is 19.1. The predicted molar refractivity (Wildman–Crippen MR) is 125 cm³/mol. The monoisotopic (exact) mass is 462 g/mol. The summed E-state index contributed by atoms with van der Waals surface area (Å²) in [6.45, 7) is 5.67. The average Bonchev–Trinajstić information content (AvgIpc) is 3.48. The fourth-order valence-electron chi connectivity index (χ4n) is 4.74. The number of hydrogen-bond acceptors (Lipinski definition) is 5. The van der Waals surface area contributed by atoms with Crippen molar-refractivity contribution in [3.8, 4) is 11.4 Å². The first-order valence-electron chi connectivity index (χ1n) is 11.6. The van der Waals surface area contributed by atoms with Crippen molar-refractivity contribution in [2.24, 2.45) is 5.92 Å². The number of hydrogen-bond donors (Lipinski definition) is 0. The van der Waals surface area contributed by atoms with Crippen LogP contribution >= 0.6 is 0 Å². The van der Waals surface area contributed by atoms with E-state index in [-0.39, 0.29) is 35.9 Å². The molecular weight excluding hydrogens is 435 g/mol. The molecule has 0 saturated carbocycles. The van der Waals surface area contributed by atoms with Crippen LogP contribution in [0.3, 0.4) is 0 Å². The number of halogens is 1. The van der Waals surface area contributed by atoms with E-state index in [1.54, 1.807) is 17.0 Å². The summed E-state index contributed by atoms with van der Waals surface area (Å²) in [6.07, 6.45) is 1.69. The van der Waals surface area contributed by atoms with E-state index in [9.17, 15) is 14.0 Å². The second-order valence-electron chi connectivity index (χ2n) is 9.24. The normalized spacial score (nSPS) is 19.1. The highest BCUT2D eigenvalue weighted by molar-refractivity contribution is 6.00. The van der Waals surface area contributed by atoms with Gasteiger partial charge in [0.2, 0.25) is 23.5 Å². The number of aromatic nitrogens is 2. The molecular formula is C26H27FN4O3. The SMILES string of the molecule is Cc1ccc(N2C[C@@H](C(=O)N3CCC(c4nc(-c5ccc(F)cc5)no4)CC3)CC2=O)cc1C. The van der Waals surface area contributed by atoms with Gasteiger partial charge >= 0.3 is 0 Å². The summed E-state index contributed by atoms with van der Waals surface area (Å²) in [7, 11) is 0. The molecule has 8 heteroatoms. The van der Waals surface area contributed by atoms with Gasteiger partial charge in [0.1, 0.15) is 5.82 Å². The minimum absolute atomic E-state index is 0.00401. The molecule has 0 aliphatic carbocycles. The molecule has 1 aromatic heterocycles. The molecule has 0 N–H and O–H groups in total. The molecule has 2 fully saturated rings. The molecule has 2 amide bonds. The molecule has 176 valence electrons. The van der Waals surface area contributed by atoms with Crippen molar-refractivity contribution in [3.05, 3.63) is 65.3 Å². The number of amides is 2. The Morgan fingerprint density at radius 3 is 2.50 bits per heavy atom. The van der Waals surface area contributed by atoms with Crippen LogP contribution < -0.4 is 4.90 Å². The zero-order valence-electron chi connectivity index (χ0n) is 19.3. The number of benzene rings is 2. The summed E-state index contributed by atoms with van der Waals surface area (Å²) in [6, 6.07) is 11.9. The maximum Gasteiger partial charge on any atom is 0.230 e. The molecule has 2 aliphatic rings. The molecule has 0 bridgehead atoms. The third-order valence-corrected chi connectivity index (χ3v) is 6.98. The first-order valence-corrected chi connectivity index (χ1v) is 11.6. The van der Waals surface area contributed by atoms with Gasteiger partial charge in [-0.1, -0.05) is 11.2 Å². The largest absolute Gasteiger partial charge is 0.342 e. The predicted octanol–water partition coefficient (Wildman–Crippen LogP) is 4.25. The first-order chi connectivity index (χ1) is 16.4. The van der Waals surface area contributed by atoms with E-state index < -0.39 is 0 Å². The molecule has 2 aromatic carbocycles. The van der Waals surface area contributed by atoms with Crippen molar-refractivity contribution in [2.75, 3.05) is 24.5 Å². The Bertz CT molecular complexity index is 1220. The zero-order valence-corrected chi connectivity index (χ0v) is 19.3. The van der Waals surface area contributed by atoms with E-state index in [1.165, 1.54) is 17.7 Å². The Kier molecular flexibility index (Phi) is 5.89. The smallest absolute Gasteiger partial charge is 0.230 e. The minimum Gasteiger partial charge on any atom is -0.342 e. The summed E-state index contributed by atoms with van der Waals surface area (Å²) < 4.78 is 18.6. The van der Waals surface area contributed by atoms with Crippen LogP contribution in [-0.2, 0) is 9.59 Å². The van der Waals surface area contributed by atoms with Crippen molar-refractivity contribution in [2.45, 2.75) is 39.0 Å². The number of likely N-dealkylation sites (tertiary alicyclic amines) is 1. The lowest BCUT2D eigenvalue weighted by molar-refractivity contribution is -0.136. The molecule has 0 unspecified atom stereocenters. The molecule has 3 heterocycles. The maximum absolute atomic E-state index is 13.2. The van der Waals surface area contributed by atoms with E-state index in [0.29, 0.717) is 36.9 Å². The lowest BCUT2D eigenvalue weighted by Gasteiger charge is -2.32. The molecule has 5 rings (SSSR count). The highest BCUT2D eigenvalue weighted by Gasteiger charge is 2.38. The van der Waals surface area contributed by atoms with Gasteiger partial charge in [-0.2, -0.15) is 4.98 Å². The van der Waals surface area contributed by atoms with Gasteiger partial charge < -0.3 is 14.3 Å². The molecule has 0 spiro atoms. The number of piperidine rings is 1. The van der Waals surface area contributed by atoms with Crippen LogP contribution in [0.5, 0.6) is 0 Å². The zero-order chi connectivity index (χ0) is 23.8. The lowest BCUT2D eigenvalue weighted by atomic mass is 9.95. The second kappa shape index (κ2) is 9.00. The topological polar surface area (TPSA) is 79.5 Å². The van der Waals surface area contributed by atoms with Crippen LogP contribution in [0, 0.1) is 25.6 Å². The van der Waals surface area contributed by atoms with Gasteiger partial charge in [-0.05, 0) is 74.2 Å². The van der Waals surface area contributed by atoms with Crippen molar-refractivity contribution in [1.29, 1.82) is 0 Å². The standard InChI is InChI=1S/C26H27FN4O3/c1-16-3-8-22(13-17(16)2)31-15-20(14-23(31)32)26(33)30-11-9-19(10-12-30)25-28-24(29-34-25)18-4-6-21(27)7-5-18/h3-8,13,19-20H,9-12,14-15H2,1-2H3/t20-/m0/s1. The average molecular weight is 463 g/mol. The van der Waals surface area contributed by atoms with E-state index in [1.807, 2.05) is 36.9 Å². The molecule has 1 atom stereocenters. The summed E-state index contributed by atoms with van der Waals surface area (Å²) in [4.78, 5) is 33.9. The van der Waals surface area contributed by atoms with Crippen molar-refractivity contribution < 1.29 is 18.5 Å². The van der Waals surface area contributed by atoms with Gasteiger partial charge in [0.25, 0.3) is 0 Å². The number of nitrogens with zero attached hydrogens (tertiary/aromatic N) is 4. The number of aryl methyl sites for hydroxylation is 2. The molecule has 34 heavy (non-hydrogen) atoms. The second-order valence-corrected chi connectivity index (χ2v) is 9.24.